The average molecular weight is 319 g/mol. The van der Waals surface area contributed by atoms with E-state index in [1.807, 2.05) is 0 Å². The summed E-state index contributed by atoms with van der Waals surface area (Å²) in [6.45, 7) is 2.30. The molecule has 1 saturated heterocycles. The van der Waals surface area contributed by atoms with Gasteiger partial charge in [0.1, 0.15) is 0 Å². The standard InChI is InChI=1S/C16H21N3O4/c20-16(17-12-3-1-4-13(11-12)19(21)22)7-8-18-9-10-23-15-6-2-5-14(15)18/h1,3-4,11,14-15H,2,5-10H2,(H,17,20). The van der Waals surface area contributed by atoms with Crippen molar-refractivity contribution in [3.63, 3.8) is 0 Å². The number of nitro benzene ring substituents is 1. The van der Waals surface area contributed by atoms with Crippen molar-refractivity contribution in [2.45, 2.75) is 37.8 Å². The number of hydrogen-bond acceptors (Lipinski definition) is 5. The lowest BCUT2D eigenvalue weighted by molar-refractivity contribution is -0.384. The van der Waals surface area contributed by atoms with Crippen LogP contribution in [0.2, 0.25) is 0 Å². The minimum atomic E-state index is -0.469. The minimum Gasteiger partial charge on any atom is -0.375 e. The highest BCUT2D eigenvalue weighted by Gasteiger charge is 2.35. The number of carbonyl (C=O) groups excluding carboxylic acids is 1. The van der Waals surface area contributed by atoms with E-state index in [0.29, 0.717) is 30.8 Å². The molecule has 0 spiro atoms. The van der Waals surface area contributed by atoms with Crippen molar-refractivity contribution in [3.05, 3.63) is 34.4 Å². The Hall–Kier alpha value is -1.99. The van der Waals surface area contributed by atoms with Crippen LogP contribution in [0.15, 0.2) is 24.3 Å². The number of morpholine rings is 1. The van der Waals surface area contributed by atoms with E-state index in [-0.39, 0.29) is 11.6 Å². The fourth-order valence-electron chi connectivity index (χ4n) is 3.45. The highest BCUT2D eigenvalue weighted by molar-refractivity contribution is 5.91. The molecule has 1 aromatic carbocycles. The predicted molar refractivity (Wildman–Crippen MR) is 85.3 cm³/mol. The normalized spacial score (nSPS) is 24.2. The van der Waals surface area contributed by atoms with Crippen LogP contribution in [0.4, 0.5) is 11.4 Å². The monoisotopic (exact) mass is 319 g/mol. The maximum Gasteiger partial charge on any atom is 0.271 e. The van der Waals surface area contributed by atoms with Gasteiger partial charge in [-0.3, -0.25) is 19.8 Å². The fraction of sp³-hybridized carbons (Fsp3) is 0.562. The third-order valence-electron chi connectivity index (χ3n) is 4.56. The number of amides is 1. The van der Waals surface area contributed by atoms with Gasteiger partial charge in [-0.2, -0.15) is 0 Å². The van der Waals surface area contributed by atoms with Crippen molar-refractivity contribution in [1.82, 2.24) is 4.90 Å². The van der Waals surface area contributed by atoms with Crippen LogP contribution in [0, 0.1) is 10.1 Å². The summed E-state index contributed by atoms with van der Waals surface area (Å²) in [4.78, 5) is 24.7. The van der Waals surface area contributed by atoms with E-state index in [4.69, 9.17) is 4.74 Å². The van der Waals surface area contributed by atoms with Gasteiger partial charge in [-0.25, -0.2) is 0 Å². The lowest BCUT2D eigenvalue weighted by Crippen LogP contribution is -2.49. The van der Waals surface area contributed by atoms with Crippen LogP contribution in [0.25, 0.3) is 0 Å². The van der Waals surface area contributed by atoms with E-state index in [1.165, 1.54) is 18.6 Å². The zero-order valence-electron chi connectivity index (χ0n) is 12.9. The smallest absolute Gasteiger partial charge is 0.271 e. The first-order valence-electron chi connectivity index (χ1n) is 8.03. The van der Waals surface area contributed by atoms with Crippen molar-refractivity contribution >= 4 is 17.3 Å². The zero-order valence-corrected chi connectivity index (χ0v) is 12.9. The molecular weight excluding hydrogens is 298 g/mol. The highest BCUT2D eigenvalue weighted by Crippen LogP contribution is 2.29. The minimum absolute atomic E-state index is 0.0234. The molecule has 2 fully saturated rings. The molecule has 124 valence electrons. The van der Waals surface area contributed by atoms with Crippen molar-refractivity contribution in [3.8, 4) is 0 Å². The summed E-state index contributed by atoms with van der Waals surface area (Å²) in [5, 5.41) is 13.5. The van der Waals surface area contributed by atoms with E-state index in [0.717, 1.165) is 26.0 Å². The van der Waals surface area contributed by atoms with Gasteiger partial charge in [0.15, 0.2) is 0 Å². The molecule has 1 N–H and O–H groups in total. The number of ether oxygens (including phenoxy) is 1. The van der Waals surface area contributed by atoms with Gasteiger partial charge in [0.05, 0.1) is 17.6 Å². The molecule has 23 heavy (non-hydrogen) atoms. The van der Waals surface area contributed by atoms with Crippen LogP contribution >= 0.6 is 0 Å². The summed E-state index contributed by atoms with van der Waals surface area (Å²) >= 11 is 0. The summed E-state index contributed by atoms with van der Waals surface area (Å²) in [7, 11) is 0. The van der Waals surface area contributed by atoms with Gasteiger partial charge in [-0.1, -0.05) is 6.07 Å². The zero-order chi connectivity index (χ0) is 16.2. The molecule has 7 heteroatoms. The summed E-state index contributed by atoms with van der Waals surface area (Å²) in [5.41, 5.74) is 0.440. The Kier molecular flexibility index (Phi) is 4.88. The van der Waals surface area contributed by atoms with E-state index in [1.54, 1.807) is 12.1 Å². The van der Waals surface area contributed by atoms with Crippen LogP contribution < -0.4 is 5.32 Å². The van der Waals surface area contributed by atoms with Gasteiger partial charge in [-0.05, 0) is 25.3 Å². The molecular formula is C16H21N3O4. The highest BCUT2D eigenvalue weighted by atomic mass is 16.6. The third kappa shape index (κ3) is 3.86. The van der Waals surface area contributed by atoms with Crippen LogP contribution in [0.5, 0.6) is 0 Å². The molecule has 1 heterocycles. The maximum atomic E-state index is 12.1. The average Bonchev–Trinajstić information content (AvgIpc) is 3.02. The van der Waals surface area contributed by atoms with Crippen LogP contribution in [-0.4, -0.2) is 47.6 Å². The Morgan fingerprint density at radius 1 is 1.43 bits per heavy atom. The molecule has 0 radical (unpaired) electrons. The molecule has 1 aromatic rings. The van der Waals surface area contributed by atoms with E-state index < -0.39 is 4.92 Å². The second-order valence-corrected chi connectivity index (χ2v) is 6.05. The summed E-state index contributed by atoms with van der Waals surface area (Å²) in [5.74, 6) is -0.119. The quantitative estimate of drug-likeness (QED) is 0.664. The SMILES string of the molecule is O=C(CCN1CCOC2CCCC21)Nc1cccc([N+](=O)[O-])c1. The molecule has 1 aliphatic heterocycles. The van der Waals surface area contributed by atoms with Crippen molar-refractivity contribution < 1.29 is 14.5 Å². The summed E-state index contributed by atoms with van der Waals surface area (Å²) in [6.07, 6.45) is 4.14. The summed E-state index contributed by atoms with van der Waals surface area (Å²) in [6, 6.07) is 6.45. The summed E-state index contributed by atoms with van der Waals surface area (Å²) < 4.78 is 5.76. The Balaban J connectivity index is 1.51. The first-order valence-corrected chi connectivity index (χ1v) is 8.03. The van der Waals surface area contributed by atoms with E-state index in [2.05, 4.69) is 10.2 Å². The number of fused-ring (bicyclic) bond motifs is 1. The Morgan fingerprint density at radius 2 is 2.30 bits per heavy atom. The number of nitrogens with one attached hydrogen (secondary N) is 1. The van der Waals surface area contributed by atoms with Crippen molar-refractivity contribution in [1.29, 1.82) is 0 Å². The molecule has 1 aliphatic carbocycles. The number of rotatable bonds is 5. The van der Waals surface area contributed by atoms with Crippen molar-refractivity contribution in [2.24, 2.45) is 0 Å². The van der Waals surface area contributed by atoms with Gasteiger partial charge in [0.25, 0.3) is 5.69 Å². The molecule has 1 amide bonds. The fourth-order valence-corrected chi connectivity index (χ4v) is 3.45. The van der Waals surface area contributed by atoms with Gasteiger partial charge < -0.3 is 10.1 Å². The molecule has 3 rings (SSSR count). The largest absolute Gasteiger partial charge is 0.375 e. The Bertz CT molecular complexity index is 592. The van der Waals surface area contributed by atoms with E-state index in [9.17, 15) is 14.9 Å². The number of carbonyl (C=O) groups is 1. The van der Waals surface area contributed by atoms with E-state index >= 15 is 0 Å². The molecule has 0 bridgehead atoms. The molecule has 0 aromatic heterocycles. The maximum absolute atomic E-state index is 12.1. The first-order chi connectivity index (χ1) is 11.1. The Labute approximate surface area is 134 Å². The number of anilines is 1. The number of benzene rings is 1. The predicted octanol–water partition coefficient (Wildman–Crippen LogP) is 2.18. The van der Waals surface area contributed by atoms with Gasteiger partial charge in [0, 0.05) is 43.4 Å². The third-order valence-corrected chi connectivity index (χ3v) is 4.56. The van der Waals surface area contributed by atoms with Crippen LogP contribution in [0.1, 0.15) is 25.7 Å². The van der Waals surface area contributed by atoms with Gasteiger partial charge in [-0.15, -0.1) is 0 Å². The second kappa shape index (κ2) is 7.06. The molecule has 2 unspecified atom stereocenters. The number of non-ortho nitro benzene ring substituents is 1. The molecule has 2 aliphatic rings. The van der Waals surface area contributed by atoms with Crippen molar-refractivity contribution in [2.75, 3.05) is 25.0 Å². The lowest BCUT2D eigenvalue weighted by Gasteiger charge is -2.37. The first kappa shape index (κ1) is 15.9. The number of nitro groups is 1. The van der Waals surface area contributed by atoms with Gasteiger partial charge >= 0.3 is 0 Å². The van der Waals surface area contributed by atoms with Gasteiger partial charge in [0.2, 0.25) is 5.91 Å². The molecule has 7 nitrogen and oxygen atoms in total. The topological polar surface area (TPSA) is 84.7 Å². The lowest BCUT2D eigenvalue weighted by atomic mass is 10.1. The number of nitrogens with zero attached hydrogens (tertiary/aromatic N) is 2. The number of hydrogen-bond donors (Lipinski definition) is 1. The molecule has 1 saturated carbocycles. The van der Waals surface area contributed by atoms with Crippen LogP contribution in [0.3, 0.4) is 0 Å². The second-order valence-electron chi connectivity index (χ2n) is 6.05. The van der Waals surface area contributed by atoms with Crippen LogP contribution in [-0.2, 0) is 9.53 Å². The molecule has 2 atom stereocenters. The Morgan fingerprint density at radius 3 is 3.13 bits per heavy atom.